The summed E-state index contributed by atoms with van der Waals surface area (Å²) in [6, 6.07) is 8.77. The highest BCUT2D eigenvalue weighted by molar-refractivity contribution is 5.95. The van der Waals surface area contributed by atoms with E-state index in [0.717, 1.165) is 28.1 Å². The summed E-state index contributed by atoms with van der Waals surface area (Å²) in [4.78, 5) is 21.6. The van der Waals surface area contributed by atoms with Crippen LogP contribution in [0.5, 0.6) is 5.75 Å². The van der Waals surface area contributed by atoms with Gasteiger partial charge in [-0.3, -0.25) is 9.78 Å². The monoisotopic (exact) mass is 405 g/mol. The van der Waals surface area contributed by atoms with Crippen molar-refractivity contribution in [1.82, 2.24) is 15.3 Å². The van der Waals surface area contributed by atoms with Crippen LogP contribution in [0.2, 0.25) is 0 Å². The Kier molecular flexibility index (Phi) is 5.24. The zero-order valence-electron chi connectivity index (χ0n) is 17.5. The number of hydrogen-bond donors (Lipinski definition) is 1. The molecule has 1 aliphatic rings. The average molecular weight is 405 g/mol. The third-order valence-corrected chi connectivity index (χ3v) is 5.59. The molecule has 1 amide bonds. The molecule has 1 atom stereocenters. The van der Waals surface area contributed by atoms with Gasteiger partial charge in [0.05, 0.1) is 23.6 Å². The third-order valence-electron chi connectivity index (χ3n) is 5.59. The number of fused-ring (bicyclic) bond motifs is 1. The van der Waals surface area contributed by atoms with Gasteiger partial charge in [-0.15, -0.1) is 0 Å². The Labute approximate surface area is 175 Å². The Balaban J connectivity index is 1.55. The number of carbonyl (C=O) groups excluding carboxylic acids is 1. The quantitative estimate of drug-likeness (QED) is 0.705. The molecule has 0 saturated carbocycles. The van der Waals surface area contributed by atoms with Crippen LogP contribution < -0.4 is 10.1 Å². The van der Waals surface area contributed by atoms with Crippen LogP contribution in [0.15, 0.2) is 36.5 Å². The van der Waals surface area contributed by atoms with E-state index in [1.807, 2.05) is 39.8 Å². The first-order valence-corrected chi connectivity index (χ1v) is 9.98. The number of nitrogens with zero attached hydrogens (tertiary/aromatic N) is 2. The van der Waals surface area contributed by atoms with Crippen LogP contribution in [0, 0.1) is 33.5 Å². The highest BCUT2D eigenvalue weighted by Crippen LogP contribution is 2.40. The van der Waals surface area contributed by atoms with Crippen LogP contribution in [0.3, 0.4) is 0 Å². The van der Waals surface area contributed by atoms with Crippen LogP contribution >= 0.6 is 0 Å². The molecule has 5 nitrogen and oxygen atoms in total. The zero-order chi connectivity index (χ0) is 21.4. The molecule has 30 heavy (non-hydrogen) atoms. The lowest BCUT2D eigenvalue weighted by Gasteiger charge is -2.15. The molecular weight excluding hydrogens is 381 g/mol. The minimum Gasteiger partial charge on any atom is -0.487 e. The van der Waals surface area contributed by atoms with Crippen molar-refractivity contribution in [3.63, 3.8) is 0 Å². The highest BCUT2D eigenvalue weighted by Gasteiger charge is 2.30. The largest absolute Gasteiger partial charge is 0.487 e. The molecule has 2 aromatic carbocycles. The lowest BCUT2D eigenvalue weighted by Crippen LogP contribution is -2.34. The zero-order valence-corrected chi connectivity index (χ0v) is 17.5. The predicted octanol–water partition coefficient (Wildman–Crippen LogP) is 4.25. The Morgan fingerprint density at radius 3 is 2.80 bits per heavy atom. The first kappa shape index (κ1) is 20.0. The molecular formula is C24H24FN3O2. The van der Waals surface area contributed by atoms with E-state index < -0.39 is 0 Å². The fourth-order valence-corrected chi connectivity index (χ4v) is 3.76. The molecule has 1 N–H and O–H groups in total. The fourth-order valence-electron chi connectivity index (χ4n) is 3.76. The van der Waals surface area contributed by atoms with Gasteiger partial charge in [-0.2, -0.15) is 0 Å². The summed E-state index contributed by atoms with van der Waals surface area (Å²) >= 11 is 0. The van der Waals surface area contributed by atoms with Gasteiger partial charge in [-0.25, -0.2) is 9.37 Å². The second-order valence-corrected chi connectivity index (χ2v) is 7.75. The standard InChI is InChI=1S/C24H24FN3O2/c1-13-6-5-7-18(15(13)3)24(29)27-12-17-10-20-21(25)9-8-19(23(20)30-17)22-16(4)26-11-14(2)28-22/h5-9,11,17H,10,12H2,1-4H3,(H,27,29)/t17-/m1/s1. The van der Waals surface area contributed by atoms with E-state index in [-0.39, 0.29) is 24.4 Å². The van der Waals surface area contributed by atoms with Gasteiger partial charge >= 0.3 is 0 Å². The Morgan fingerprint density at radius 2 is 2.00 bits per heavy atom. The van der Waals surface area contributed by atoms with Crippen LogP contribution in [0.1, 0.15) is 38.4 Å². The van der Waals surface area contributed by atoms with E-state index in [9.17, 15) is 9.18 Å². The van der Waals surface area contributed by atoms with Crippen molar-refractivity contribution >= 4 is 5.91 Å². The maximum atomic E-state index is 14.5. The summed E-state index contributed by atoms with van der Waals surface area (Å²) in [6.45, 7) is 7.93. The summed E-state index contributed by atoms with van der Waals surface area (Å²) in [5.74, 6) is 0.0243. The maximum Gasteiger partial charge on any atom is 0.251 e. The van der Waals surface area contributed by atoms with Crippen molar-refractivity contribution in [2.75, 3.05) is 6.54 Å². The van der Waals surface area contributed by atoms with Gasteiger partial charge in [0.2, 0.25) is 0 Å². The van der Waals surface area contributed by atoms with Crippen molar-refractivity contribution in [2.24, 2.45) is 0 Å². The summed E-state index contributed by atoms with van der Waals surface area (Å²) in [5, 5.41) is 2.93. The lowest BCUT2D eigenvalue weighted by molar-refractivity contribution is 0.0933. The van der Waals surface area contributed by atoms with E-state index in [1.54, 1.807) is 18.3 Å². The topological polar surface area (TPSA) is 64.1 Å². The molecule has 2 heterocycles. The summed E-state index contributed by atoms with van der Waals surface area (Å²) < 4.78 is 20.6. The minimum absolute atomic E-state index is 0.156. The predicted molar refractivity (Wildman–Crippen MR) is 113 cm³/mol. The first-order chi connectivity index (χ1) is 14.3. The number of carbonyl (C=O) groups is 1. The van der Waals surface area contributed by atoms with Crippen LogP contribution in [-0.4, -0.2) is 28.5 Å². The van der Waals surface area contributed by atoms with Gasteiger partial charge < -0.3 is 10.1 Å². The summed E-state index contributed by atoms with van der Waals surface area (Å²) in [6.07, 6.45) is 1.75. The van der Waals surface area contributed by atoms with Crippen LogP contribution in [-0.2, 0) is 6.42 Å². The number of rotatable bonds is 4. The number of aromatic nitrogens is 2. The molecule has 154 valence electrons. The van der Waals surface area contributed by atoms with Gasteiger partial charge in [0.25, 0.3) is 5.91 Å². The fraction of sp³-hybridized carbons (Fsp3) is 0.292. The Hall–Kier alpha value is -3.28. The summed E-state index contributed by atoms with van der Waals surface area (Å²) in [7, 11) is 0. The van der Waals surface area contributed by atoms with Gasteiger partial charge in [-0.05, 0) is 57.0 Å². The molecule has 0 bridgehead atoms. The van der Waals surface area contributed by atoms with Crippen LogP contribution in [0.4, 0.5) is 4.39 Å². The van der Waals surface area contributed by atoms with E-state index in [2.05, 4.69) is 15.3 Å². The molecule has 0 radical (unpaired) electrons. The SMILES string of the molecule is Cc1cnc(C)c(-c2ccc(F)c3c2O[C@@H](CNC(=O)c2cccc(C)c2C)C3)n1. The van der Waals surface area contributed by atoms with Gasteiger partial charge in [-0.1, -0.05) is 12.1 Å². The molecule has 1 aliphatic heterocycles. The first-order valence-electron chi connectivity index (χ1n) is 9.98. The number of nitrogens with one attached hydrogen (secondary N) is 1. The molecule has 3 aromatic rings. The number of halogens is 1. The number of aryl methyl sites for hydroxylation is 3. The van der Waals surface area contributed by atoms with Crippen molar-refractivity contribution in [2.45, 2.75) is 40.2 Å². The smallest absolute Gasteiger partial charge is 0.251 e. The minimum atomic E-state index is -0.345. The van der Waals surface area contributed by atoms with Crippen molar-refractivity contribution in [3.8, 4) is 17.0 Å². The average Bonchev–Trinajstić information content (AvgIpc) is 3.16. The van der Waals surface area contributed by atoms with E-state index in [0.29, 0.717) is 29.0 Å². The van der Waals surface area contributed by atoms with Gasteiger partial charge in [0.1, 0.15) is 17.7 Å². The third kappa shape index (κ3) is 3.65. The van der Waals surface area contributed by atoms with Gasteiger partial charge in [0.15, 0.2) is 0 Å². The lowest BCUT2D eigenvalue weighted by atomic mass is 10.0. The summed E-state index contributed by atoms with van der Waals surface area (Å²) in [5.41, 5.74) is 6.12. The molecule has 1 aromatic heterocycles. The van der Waals surface area contributed by atoms with Crippen LogP contribution in [0.25, 0.3) is 11.3 Å². The van der Waals surface area contributed by atoms with E-state index in [1.165, 1.54) is 6.07 Å². The maximum absolute atomic E-state index is 14.5. The second-order valence-electron chi connectivity index (χ2n) is 7.75. The molecule has 0 unspecified atom stereocenters. The molecule has 0 fully saturated rings. The Morgan fingerprint density at radius 1 is 1.20 bits per heavy atom. The highest BCUT2D eigenvalue weighted by atomic mass is 19.1. The number of amides is 1. The van der Waals surface area contributed by atoms with E-state index >= 15 is 0 Å². The van der Waals surface area contributed by atoms with Crippen molar-refractivity contribution < 1.29 is 13.9 Å². The molecule has 6 heteroatoms. The Bertz CT molecular complexity index is 1140. The number of hydrogen-bond acceptors (Lipinski definition) is 4. The number of benzene rings is 2. The van der Waals surface area contributed by atoms with Crippen molar-refractivity contribution in [3.05, 3.63) is 76.0 Å². The molecule has 0 spiro atoms. The normalized spacial score (nSPS) is 14.9. The second kappa shape index (κ2) is 7.86. The molecule has 0 saturated heterocycles. The number of ether oxygens (including phenoxy) is 1. The molecule has 0 aliphatic carbocycles. The van der Waals surface area contributed by atoms with E-state index in [4.69, 9.17) is 4.74 Å². The van der Waals surface area contributed by atoms with Gasteiger partial charge in [0, 0.05) is 29.3 Å². The molecule has 4 rings (SSSR count). The van der Waals surface area contributed by atoms with Crippen molar-refractivity contribution in [1.29, 1.82) is 0 Å².